The summed E-state index contributed by atoms with van der Waals surface area (Å²) in [5.41, 5.74) is 0.242. The highest BCUT2D eigenvalue weighted by Gasteiger charge is 2.11. The molecule has 1 atom stereocenters. The maximum absolute atomic E-state index is 12.3. The van der Waals surface area contributed by atoms with Gasteiger partial charge in [-0.25, -0.2) is 4.68 Å². The zero-order valence-electron chi connectivity index (χ0n) is 13.1. The summed E-state index contributed by atoms with van der Waals surface area (Å²) < 4.78 is 11.7. The Hall–Kier alpha value is -2.93. The minimum absolute atomic E-state index is 0.00677. The van der Waals surface area contributed by atoms with Crippen molar-refractivity contribution in [2.45, 2.75) is 12.6 Å². The van der Waals surface area contributed by atoms with Gasteiger partial charge in [-0.2, -0.15) is 0 Å². The molecule has 0 fully saturated rings. The van der Waals surface area contributed by atoms with Gasteiger partial charge in [0.1, 0.15) is 29.7 Å². The largest absolute Gasteiger partial charge is 0.497 e. The van der Waals surface area contributed by atoms with E-state index in [0.717, 1.165) is 10.4 Å². The molecule has 124 valence electrons. The van der Waals surface area contributed by atoms with E-state index in [9.17, 15) is 9.90 Å². The smallest absolute Gasteiger partial charge is 0.277 e. The number of rotatable bonds is 6. The first kappa shape index (κ1) is 15.9. The molecule has 0 radical (unpaired) electrons. The molecule has 0 aliphatic heterocycles. The molecule has 24 heavy (non-hydrogen) atoms. The summed E-state index contributed by atoms with van der Waals surface area (Å²) in [4.78, 5) is 12.3. The number of aromatic nitrogens is 3. The molecule has 0 saturated carbocycles. The number of ether oxygens (including phenoxy) is 2. The second kappa shape index (κ2) is 7.10. The Balaban J connectivity index is 1.65. The van der Waals surface area contributed by atoms with Crippen LogP contribution in [-0.4, -0.2) is 39.9 Å². The summed E-state index contributed by atoms with van der Waals surface area (Å²) in [6.07, 6.45) is -0.889. The molecule has 3 rings (SSSR count). The van der Waals surface area contributed by atoms with Gasteiger partial charge in [0.15, 0.2) is 0 Å². The number of aliphatic hydroxyl groups is 1. The standard InChI is InChI=1S/C17H17N3O4/c1-23-13-6-8-14(9-7-13)24-11-12(21)10-20-17(22)15-4-2-3-5-16(15)18-19-20/h2-9,12,21H,10-11H2,1H3/t12-/m1/s1. The van der Waals surface area contributed by atoms with Crippen molar-refractivity contribution >= 4 is 10.9 Å². The Morgan fingerprint density at radius 1 is 1.12 bits per heavy atom. The number of nitrogens with zero attached hydrogens (tertiary/aromatic N) is 3. The first-order valence-electron chi connectivity index (χ1n) is 7.45. The summed E-state index contributed by atoms with van der Waals surface area (Å²) in [5.74, 6) is 1.33. The summed E-state index contributed by atoms with van der Waals surface area (Å²) in [6.45, 7) is 0.0418. The van der Waals surface area contributed by atoms with E-state index < -0.39 is 6.10 Å². The van der Waals surface area contributed by atoms with Crippen LogP contribution in [0.4, 0.5) is 0 Å². The van der Waals surface area contributed by atoms with Gasteiger partial charge in [-0.3, -0.25) is 4.79 Å². The molecule has 0 amide bonds. The van der Waals surface area contributed by atoms with E-state index in [1.54, 1.807) is 55.6 Å². The van der Waals surface area contributed by atoms with Crippen LogP contribution in [0.2, 0.25) is 0 Å². The molecule has 7 heteroatoms. The Kier molecular flexibility index (Phi) is 4.72. The van der Waals surface area contributed by atoms with Gasteiger partial charge in [-0.05, 0) is 36.4 Å². The lowest BCUT2D eigenvalue weighted by Crippen LogP contribution is -2.32. The molecule has 0 saturated heterocycles. The van der Waals surface area contributed by atoms with Crippen molar-refractivity contribution < 1.29 is 14.6 Å². The SMILES string of the molecule is COc1ccc(OC[C@H](O)Cn2nnc3ccccc3c2=O)cc1. The fourth-order valence-corrected chi connectivity index (χ4v) is 2.26. The molecular weight excluding hydrogens is 310 g/mol. The highest BCUT2D eigenvalue weighted by Crippen LogP contribution is 2.17. The molecule has 1 aromatic heterocycles. The zero-order chi connectivity index (χ0) is 16.9. The van der Waals surface area contributed by atoms with Gasteiger partial charge in [0, 0.05) is 0 Å². The second-order valence-corrected chi connectivity index (χ2v) is 5.23. The molecule has 1 N–H and O–H groups in total. The summed E-state index contributed by atoms with van der Waals surface area (Å²) in [5, 5.41) is 18.4. The van der Waals surface area contributed by atoms with Crippen molar-refractivity contribution in [2.75, 3.05) is 13.7 Å². The van der Waals surface area contributed by atoms with Crippen LogP contribution in [0.15, 0.2) is 53.3 Å². The van der Waals surface area contributed by atoms with Gasteiger partial charge >= 0.3 is 0 Å². The van der Waals surface area contributed by atoms with Crippen LogP contribution < -0.4 is 15.0 Å². The lowest BCUT2D eigenvalue weighted by atomic mass is 10.2. The van der Waals surface area contributed by atoms with Crippen molar-refractivity contribution in [1.82, 2.24) is 15.0 Å². The quantitative estimate of drug-likeness (QED) is 0.733. The molecule has 3 aromatic rings. The van der Waals surface area contributed by atoms with Crippen molar-refractivity contribution in [2.24, 2.45) is 0 Å². The summed E-state index contributed by atoms with van der Waals surface area (Å²) in [6, 6.07) is 14.0. The van der Waals surface area contributed by atoms with Crippen LogP contribution in [0.25, 0.3) is 10.9 Å². The number of benzene rings is 2. The molecule has 0 unspecified atom stereocenters. The van der Waals surface area contributed by atoms with Crippen LogP contribution in [0.5, 0.6) is 11.5 Å². The third-order valence-corrected chi connectivity index (χ3v) is 3.51. The van der Waals surface area contributed by atoms with Crippen LogP contribution in [0.3, 0.4) is 0 Å². The first-order chi connectivity index (χ1) is 11.7. The van der Waals surface area contributed by atoms with Crippen LogP contribution >= 0.6 is 0 Å². The van der Waals surface area contributed by atoms with Gasteiger partial charge in [0.2, 0.25) is 0 Å². The highest BCUT2D eigenvalue weighted by molar-refractivity contribution is 5.76. The number of hydrogen-bond acceptors (Lipinski definition) is 6. The van der Waals surface area contributed by atoms with E-state index in [-0.39, 0.29) is 18.7 Å². The van der Waals surface area contributed by atoms with Crippen molar-refractivity contribution in [3.63, 3.8) is 0 Å². The lowest BCUT2D eigenvalue weighted by molar-refractivity contribution is 0.0873. The van der Waals surface area contributed by atoms with E-state index in [2.05, 4.69) is 10.3 Å². The third kappa shape index (κ3) is 3.52. The zero-order valence-corrected chi connectivity index (χ0v) is 13.1. The van der Waals surface area contributed by atoms with Crippen LogP contribution in [-0.2, 0) is 6.54 Å². The van der Waals surface area contributed by atoms with Gasteiger partial charge in [0.25, 0.3) is 5.56 Å². The Morgan fingerprint density at radius 2 is 1.83 bits per heavy atom. The molecule has 0 aliphatic rings. The van der Waals surface area contributed by atoms with Crippen molar-refractivity contribution in [3.8, 4) is 11.5 Å². The maximum Gasteiger partial charge on any atom is 0.277 e. The van der Waals surface area contributed by atoms with E-state index in [4.69, 9.17) is 9.47 Å². The molecule has 0 bridgehead atoms. The Labute approximate surface area is 138 Å². The third-order valence-electron chi connectivity index (χ3n) is 3.51. The molecule has 0 spiro atoms. The number of fused-ring (bicyclic) bond motifs is 1. The molecule has 7 nitrogen and oxygen atoms in total. The van der Waals surface area contributed by atoms with Gasteiger partial charge in [-0.15, -0.1) is 5.10 Å². The predicted molar refractivity (Wildman–Crippen MR) is 88.3 cm³/mol. The minimum atomic E-state index is -0.889. The highest BCUT2D eigenvalue weighted by atomic mass is 16.5. The number of methoxy groups -OCH3 is 1. The van der Waals surface area contributed by atoms with E-state index >= 15 is 0 Å². The van der Waals surface area contributed by atoms with Crippen LogP contribution in [0, 0.1) is 0 Å². The number of aliphatic hydroxyl groups excluding tert-OH is 1. The van der Waals surface area contributed by atoms with Gasteiger partial charge < -0.3 is 14.6 Å². The lowest BCUT2D eigenvalue weighted by Gasteiger charge is -2.13. The summed E-state index contributed by atoms with van der Waals surface area (Å²) >= 11 is 0. The van der Waals surface area contributed by atoms with Crippen molar-refractivity contribution in [3.05, 3.63) is 58.9 Å². The fraction of sp³-hybridized carbons (Fsp3) is 0.235. The predicted octanol–water partition coefficient (Wildman–Crippen LogP) is 1.24. The monoisotopic (exact) mass is 327 g/mol. The van der Waals surface area contributed by atoms with Crippen molar-refractivity contribution in [1.29, 1.82) is 0 Å². The Bertz CT molecular complexity index is 877. The molecule has 2 aromatic carbocycles. The van der Waals surface area contributed by atoms with E-state index in [1.807, 2.05) is 0 Å². The average Bonchev–Trinajstić information content (AvgIpc) is 2.63. The Morgan fingerprint density at radius 3 is 2.58 bits per heavy atom. The molecular formula is C17H17N3O4. The molecule has 0 aliphatic carbocycles. The summed E-state index contributed by atoms with van der Waals surface area (Å²) in [7, 11) is 1.59. The fourth-order valence-electron chi connectivity index (χ4n) is 2.26. The minimum Gasteiger partial charge on any atom is -0.497 e. The first-order valence-corrected chi connectivity index (χ1v) is 7.45. The van der Waals surface area contributed by atoms with Gasteiger partial charge in [-0.1, -0.05) is 17.3 Å². The van der Waals surface area contributed by atoms with E-state index in [0.29, 0.717) is 16.7 Å². The van der Waals surface area contributed by atoms with Crippen LogP contribution in [0.1, 0.15) is 0 Å². The second-order valence-electron chi connectivity index (χ2n) is 5.23. The number of hydrogen-bond donors (Lipinski definition) is 1. The van der Waals surface area contributed by atoms with E-state index in [1.165, 1.54) is 0 Å². The molecule has 1 heterocycles. The van der Waals surface area contributed by atoms with Gasteiger partial charge in [0.05, 0.1) is 19.0 Å². The maximum atomic E-state index is 12.3. The normalized spacial score (nSPS) is 12.1. The average molecular weight is 327 g/mol. The topological polar surface area (TPSA) is 86.5 Å².